The largest absolute Gasteiger partial charge is 0.481 e. The van der Waals surface area contributed by atoms with E-state index in [2.05, 4.69) is 9.97 Å². The third-order valence-corrected chi connectivity index (χ3v) is 2.30. The van der Waals surface area contributed by atoms with Gasteiger partial charge in [0.15, 0.2) is 0 Å². The van der Waals surface area contributed by atoms with Crippen molar-refractivity contribution in [3.63, 3.8) is 0 Å². The normalized spacial score (nSPS) is 14.9. The lowest BCUT2D eigenvalue weighted by atomic mass is 10.0. The van der Waals surface area contributed by atoms with Crippen molar-refractivity contribution in [2.24, 2.45) is 5.73 Å². The summed E-state index contributed by atoms with van der Waals surface area (Å²) in [4.78, 5) is 8.45. The van der Waals surface area contributed by atoms with Gasteiger partial charge in [-0.1, -0.05) is 6.92 Å². The summed E-state index contributed by atoms with van der Waals surface area (Å²) in [6, 6.07) is 1.91. The summed E-state index contributed by atoms with van der Waals surface area (Å²) in [5, 5.41) is 0. The van der Waals surface area contributed by atoms with E-state index < -0.39 is 0 Å². The Morgan fingerprint density at radius 1 is 1.36 bits per heavy atom. The van der Waals surface area contributed by atoms with Gasteiger partial charge in [0.2, 0.25) is 5.88 Å². The number of ether oxygens (including phenoxy) is 1. The van der Waals surface area contributed by atoms with Gasteiger partial charge < -0.3 is 10.5 Å². The fourth-order valence-electron chi connectivity index (χ4n) is 1.17. The molecule has 1 aromatic rings. The molecule has 0 saturated heterocycles. The number of aryl methyl sites for hydroxylation is 1. The molecule has 0 bridgehead atoms. The maximum atomic E-state index is 5.81. The Kier molecular flexibility index (Phi) is 3.41. The quantitative estimate of drug-likeness (QED) is 0.788. The Balaban J connectivity index is 3.02. The van der Waals surface area contributed by atoms with Crippen molar-refractivity contribution in [2.45, 2.75) is 32.7 Å². The smallest absolute Gasteiger partial charge is 0.216 e. The van der Waals surface area contributed by atoms with Gasteiger partial charge in [-0.25, -0.2) is 4.98 Å². The molecule has 2 unspecified atom stereocenters. The van der Waals surface area contributed by atoms with Crippen molar-refractivity contribution in [2.75, 3.05) is 7.11 Å². The molecule has 4 heteroatoms. The van der Waals surface area contributed by atoms with Crippen molar-refractivity contribution < 1.29 is 4.74 Å². The maximum Gasteiger partial charge on any atom is 0.216 e. The van der Waals surface area contributed by atoms with Crippen LogP contribution in [0, 0.1) is 6.92 Å². The van der Waals surface area contributed by atoms with Gasteiger partial charge in [-0.15, -0.1) is 0 Å². The highest BCUT2D eigenvalue weighted by atomic mass is 16.5. The number of hydrogen-bond donors (Lipinski definition) is 1. The second kappa shape index (κ2) is 4.37. The summed E-state index contributed by atoms with van der Waals surface area (Å²) in [5.74, 6) is 1.53. The summed E-state index contributed by atoms with van der Waals surface area (Å²) in [5.41, 5.74) is 6.74. The average molecular weight is 195 g/mol. The number of nitrogens with two attached hydrogens (primary N) is 1. The van der Waals surface area contributed by atoms with Crippen molar-refractivity contribution in [1.82, 2.24) is 9.97 Å². The minimum Gasteiger partial charge on any atom is -0.481 e. The summed E-state index contributed by atoms with van der Waals surface area (Å²) in [6.07, 6.45) is 0. The highest BCUT2D eigenvalue weighted by Gasteiger charge is 2.13. The molecular weight excluding hydrogens is 178 g/mol. The third kappa shape index (κ3) is 2.42. The van der Waals surface area contributed by atoms with E-state index in [1.54, 1.807) is 7.11 Å². The Bertz CT molecular complexity index is 312. The molecule has 2 N–H and O–H groups in total. The zero-order valence-corrected chi connectivity index (χ0v) is 9.11. The first-order valence-corrected chi connectivity index (χ1v) is 4.69. The fraction of sp³-hybridized carbons (Fsp3) is 0.600. The monoisotopic (exact) mass is 195 g/mol. The number of nitrogens with zero attached hydrogens (tertiary/aromatic N) is 2. The molecule has 0 radical (unpaired) electrons. The van der Waals surface area contributed by atoms with Crippen LogP contribution in [0.25, 0.3) is 0 Å². The van der Waals surface area contributed by atoms with Gasteiger partial charge >= 0.3 is 0 Å². The molecule has 78 valence electrons. The second-order valence-corrected chi connectivity index (χ2v) is 3.53. The van der Waals surface area contributed by atoms with Gasteiger partial charge in [-0.05, 0) is 13.8 Å². The molecule has 0 amide bonds. The first kappa shape index (κ1) is 10.9. The van der Waals surface area contributed by atoms with Crippen LogP contribution >= 0.6 is 0 Å². The highest BCUT2D eigenvalue weighted by Crippen LogP contribution is 2.19. The van der Waals surface area contributed by atoms with Crippen molar-refractivity contribution in [3.05, 3.63) is 17.6 Å². The Hall–Kier alpha value is -1.16. The number of aromatic nitrogens is 2. The minimum atomic E-state index is 0.0778. The molecular formula is C10H17N3O. The van der Waals surface area contributed by atoms with Crippen LogP contribution in [0.3, 0.4) is 0 Å². The van der Waals surface area contributed by atoms with Crippen LogP contribution in [0.1, 0.15) is 31.3 Å². The topological polar surface area (TPSA) is 61.0 Å². The van der Waals surface area contributed by atoms with E-state index in [1.807, 2.05) is 26.8 Å². The van der Waals surface area contributed by atoms with E-state index >= 15 is 0 Å². The van der Waals surface area contributed by atoms with Crippen LogP contribution in [0.4, 0.5) is 0 Å². The molecule has 0 aliphatic heterocycles. The van der Waals surface area contributed by atoms with Gasteiger partial charge in [0.1, 0.15) is 5.82 Å². The predicted octanol–water partition coefficient (Wildman–Crippen LogP) is 1.24. The van der Waals surface area contributed by atoms with Crippen LogP contribution in [0.5, 0.6) is 5.88 Å². The number of rotatable bonds is 3. The first-order valence-electron chi connectivity index (χ1n) is 4.69. The summed E-state index contributed by atoms with van der Waals surface area (Å²) in [6.45, 7) is 5.86. The molecule has 1 aromatic heterocycles. The van der Waals surface area contributed by atoms with E-state index in [4.69, 9.17) is 10.5 Å². The molecule has 0 aliphatic rings. The van der Waals surface area contributed by atoms with Crippen molar-refractivity contribution >= 4 is 0 Å². The zero-order valence-electron chi connectivity index (χ0n) is 9.11. The van der Waals surface area contributed by atoms with E-state index in [0.29, 0.717) is 11.7 Å². The van der Waals surface area contributed by atoms with Crippen LogP contribution in [0.15, 0.2) is 6.07 Å². The first-order chi connectivity index (χ1) is 6.54. The molecule has 0 fully saturated rings. The minimum absolute atomic E-state index is 0.0778. The Morgan fingerprint density at radius 2 is 2.00 bits per heavy atom. The molecule has 0 saturated carbocycles. The summed E-state index contributed by atoms with van der Waals surface area (Å²) < 4.78 is 5.07. The predicted molar refractivity (Wildman–Crippen MR) is 55.4 cm³/mol. The molecule has 0 spiro atoms. The Morgan fingerprint density at radius 3 is 2.50 bits per heavy atom. The van der Waals surface area contributed by atoms with Gasteiger partial charge in [0, 0.05) is 18.0 Å². The van der Waals surface area contributed by atoms with Gasteiger partial charge in [-0.3, -0.25) is 0 Å². The lowest BCUT2D eigenvalue weighted by molar-refractivity contribution is 0.393. The lowest BCUT2D eigenvalue weighted by Crippen LogP contribution is -2.23. The average Bonchev–Trinajstić information content (AvgIpc) is 2.15. The Labute approximate surface area is 84.5 Å². The van der Waals surface area contributed by atoms with E-state index in [9.17, 15) is 0 Å². The molecule has 1 rings (SSSR count). The molecule has 0 aliphatic carbocycles. The highest BCUT2D eigenvalue weighted by molar-refractivity contribution is 5.19. The molecule has 1 heterocycles. The van der Waals surface area contributed by atoms with E-state index in [-0.39, 0.29) is 12.0 Å². The van der Waals surface area contributed by atoms with Crippen LogP contribution in [-0.4, -0.2) is 23.1 Å². The fourth-order valence-corrected chi connectivity index (χ4v) is 1.17. The SMILES string of the molecule is COc1cc(C(C)C(C)N)nc(C)n1. The van der Waals surface area contributed by atoms with Crippen molar-refractivity contribution in [1.29, 1.82) is 0 Å². The summed E-state index contributed by atoms with van der Waals surface area (Å²) in [7, 11) is 1.60. The van der Waals surface area contributed by atoms with E-state index in [1.165, 1.54) is 0 Å². The van der Waals surface area contributed by atoms with E-state index in [0.717, 1.165) is 5.69 Å². The van der Waals surface area contributed by atoms with Crippen LogP contribution in [-0.2, 0) is 0 Å². The van der Waals surface area contributed by atoms with Crippen molar-refractivity contribution in [3.8, 4) is 5.88 Å². The number of methoxy groups -OCH3 is 1. The molecule has 0 aromatic carbocycles. The van der Waals surface area contributed by atoms with Crippen LogP contribution in [0.2, 0.25) is 0 Å². The molecule has 14 heavy (non-hydrogen) atoms. The molecule has 2 atom stereocenters. The van der Waals surface area contributed by atoms with Gasteiger partial charge in [0.05, 0.1) is 12.8 Å². The third-order valence-electron chi connectivity index (χ3n) is 2.30. The maximum absolute atomic E-state index is 5.81. The lowest BCUT2D eigenvalue weighted by Gasteiger charge is -2.15. The molecule has 4 nitrogen and oxygen atoms in total. The standard InChI is InChI=1S/C10H17N3O/c1-6(7(2)11)9-5-10(14-4)13-8(3)12-9/h5-7H,11H2,1-4H3. The van der Waals surface area contributed by atoms with Crippen LogP contribution < -0.4 is 10.5 Å². The van der Waals surface area contributed by atoms with Gasteiger partial charge in [0.25, 0.3) is 0 Å². The second-order valence-electron chi connectivity index (χ2n) is 3.53. The van der Waals surface area contributed by atoms with Gasteiger partial charge in [-0.2, -0.15) is 4.98 Å². The zero-order chi connectivity index (χ0) is 10.7. The summed E-state index contributed by atoms with van der Waals surface area (Å²) >= 11 is 0. The number of hydrogen-bond acceptors (Lipinski definition) is 4.